The third kappa shape index (κ3) is 3.79. The van der Waals surface area contributed by atoms with Crippen molar-refractivity contribution in [2.75, 3.05) is 6.54 Å². The summed E-state index contributed by atoms with van der Waals surface area (Å²) < 4.78 is 51.5. The number of thiazole rings is 1. The number of hydrogen-bond donors (Lipinski definition) is 1. The lowest BCUT2D eigenvalue weighted by Gasteiger charge is -2.09. The average molecular weight is 318 g/mol. The first kappa shape index (κ1) is 15.9. The fourth-order valence-electron chi connectivity index (χ4n) is 1.91. The number of benzene rings is 1. The molecule has 0 radical (unpaired) electrons. The van der Waals surface area contributed by atoms with Crippen LogP contribution in [-0.4, -0.2) is 11.5 Å². The molecule has 7 heteroatoms. The Balaban J connectivity index is 2.36. The van der Waals surface area contributed by atoms with E-state index in [0.29, 0.717) is 11.1 Å². The predicted molar refractivity (Wildman–Crippen MR) is 74.6 cm³/mol. The smallest absolute Gasteiger partial charge is 0.309 e. The van der Waals surface area contributed by atoms with Gasteiger partial charge in [0.1, 0.15) is 10.8 Å². The van der Waals surface area contributed by atoms with Gasteiger partial charge in [-0.05, 0) is 31.7 Å². The SMILES string of the molecule is CCNC(C)c1csc(-c2cc(F)cc(C(F)(F)F)c2)n1. The topological polar surface area (TPSA) is 24.9 Å². The van der Waals surface area contributed by atoms with E-state index in [1.807, 2.05) is 13.8 Å². The molecule has 0 aliphatic rings. The summed E-state index contributed by atoms with van der Waals surface area (Å²) in [6.07, 6.45) is -4.58. The first-order valence-corrected chi connectivity index (χ1v) is 7.26. The van der Waals surface area contributed by atoms with Gasteiger partial charge in [-0.25, -0.2) is 9.37 Å². The van der Waals surface area contributed by atoms with Gasteiger partial charge in [-0.1, -0.05) is 6.92 Å². The van der Waals surface area contributed by atoms with E-state index in [0.717, 1.165) is 24.4 Å². The minimum atomic E-state index is -4.58. The molecule has 0 fully saturated rings. The van der Waals surface area contributed by atoms with Crippen LogP contribution in [-0.2, 0) is 6.18 Å². The Morgan fingerprint density at radius 1 is 1.29 bits per heavy atom. The van der Waals surface area contributed by atoms with Crippen LogP contribution in [0, 0.1) is 5.82 Å². The van der Waals surface area contributed by atoms with Crippen molar-refractivity contribution < 1.29 is 17.6 Å². The Morgan fingerprint density at radius 2 is 2.00 bits per heavy atom. The van der Waals surface area contributed by atoms with Crippen LogP contribution in [0.2, 0.25) is 0 Å². The quantitative estimate of drug-likeness (QED) is 0.831. The van der Waals surface area contributed by atoms with Crippen LogP contribution in [0.1, 0.15) is 31.1 Å². The van der Waals surface area contributed by atoms with Crippen molar-refractivity contribution in [3.05, 3.63) is 40.7 Å². The molecule has 0 amide bonds. The molecule has 1 atom stereocenters. The molecule has 0 bridgehead atoms. The zero-order valence-corrected chi connectivity index (χ0v) is 12.3. The summed E-state index contributed by atoms with van der Waals surface area (Å²) in [7, 11) is 0. The van der Waals surface area contributed by atoms with E-state index in [2.05, 4.69) is 10.3 Å². The molecule has 21 heavy (non-hydrogen) atoms. The van der Waals surface area contributed by atoms with E-state index in [9.17, 15) is 17.6 Å². The zero-order chi connectivity index (χ0) is 15.6. The molecule has 1 unspecified atom stereocenters. The molecule has 0 spiro atoms. The highest BCUT2D eigenvalue weighted by Gasteiger charge is 2.31. The van der Waals surface area contributed by atoms with Gasteiger partial charge in [0.15, 0.2) is 0 Å². The Bertz CT molecular complexity index is 622. The van der Waals surface area contributed by atoms with E-state index < -0.39 is 17.6 Å². The molecular formula is C14H14F4N2S. The Kier molecular flexibility index (Phi) is 4.63. The second-order valence-corrected chi connectivity index (χ2v) is 5.44. The summed E-state index contributed by atoms with van der Waals surface area (Å²) in [5.41, 5.74) is -0.133. The van der Waals surface area contributed by atoms with Gasteiger partial charge in [-0.2, -0.15) is 13.2 Å². The lowest BCUT2D eigenvalue weighted by Crippen LogP contribution is -2.17. The van der Waals surface area contributed by atoms with E-state index in [1.54, 1.807) is 5.38 Å². The van der Waals surface area contributed by atoms with Crippen LogP contribution in [0.25, 0.3) is 10.6 Å². The number of aromatic nitrogens is 1. The maximum absolute atomic E-state index is 13.4. The van der Waals surface area contributed by atoms with E-state index in [1.165, 1.54) is 11.3 Å². The molecule has 2 aromatic rings. The van der Waals surface area contributed by atoms with Crippen LogP contribution in [0.15, 0.2) is 23.6 Å². The fraction of sp³-hybridized carbons (Fsp3) is 0.357. The molecule has 1 aromatic carbocycles. The van der Waals surface area contributed by atoms with Crippen LogP contribution >= 0.6 is 11.3 Å². The first-order chi connectivity index (χ1) is 9.81. The molecule has 2 rings (SSSR count). The maximum atomic E-state index is 13.4. The van der Waals surface area contributed by atoms with Crippen molar-refractivity contribution in [2.45, 2.75) is 26.1 Å². The zero-order valence-electron chi connectivity index (χ0n) is 11.5. The van der Waals surface area contributed by atoms with Crippen molar-refractivity contribution in [2.24, 2.45) is 0 Å². The van der Waals surface area contributed by atoms with Gasteiger partial charge in [0, 0.05) is 17.0 Å². The number of halogens is 4. The summed E-state index contributed by atoms with van der Waals surface area (Å²) >= 11 is 1.20. The fourth-order valence-corrected chi connectivity index (χ4v) is 2.81. The van der Waals surface area contributed by atoms with Gasteiger partial charge in [-0.3, -0.25) is 0 Å². The normalized spacial score (nSPS) is 13.4. The molecule has 0 saturated carbocycles. The molecule has 0 aliphatic heterocycles. The Labute approximate surface area is 123 Å². The third-order valence-electron chi connectivity index (χ3n) is 2.95. The standard InChI is InChI=1S/C14H14F4N2S/c1-3-19-8(2)12-7-21-13(20-12)9-4-10(14(16,17)18)6-11(15)5-9/h4-8,19H,3H2,1-2H3. The van der Waals surface area contributed by atoms with Crippen LogP contribution < -0.4 is 5.32 Å². The predicted octanol–water partition coefficient (Wildman–Crippen LogP) is 4.64. The number of rotatable bonds is 4. The third-order valence-corrected chi connectivity index (χ3v) is 3.86. The van der Waals surface area contributed by atoms with E-state index in [4.69, 9.17) is 0 Å². The molecule has 1 heterocycles. The summed E-state index contributed by atoms with van der Waals surface area (Å²) in [5, 5.41) is 5.30. The van der Waals surface area contributed by atoms with Gasteiger partial charge in [0.25, 0.3) is 0 Å². The maximum Gasteiger partial charge on any atom is 0.416 e. The highest BCUT2D eigenvalue weighted by atomic mass is 32.1. The highest BCUT2D eigenvalue weighted by Crippen LogP contribution is 2.34. The van der Waals surface area contributed by atoms with Gasteiger partial charge in [-0.15, -0.1) is 11.3 Å². The second-order valence-electron chi connectivity index (χ2n) is 4.58. The molecule has 0 saturated heterocycles. The van der Waals surface area contributed by atoms with Crippen LogP contribution in [0.3, 0.4) is 0 Å². The van der Waals surface area contributed by atoms with E-state index in [-0.39, 0.29) is 11.6 Å². The van der Waals surface area contributed by atoms with Gasteiger partial charge in [0.2, 0.25) is 0 Å². The summed E-state index contributed by atoms with van der Waals surface area (Å²) in [6, 6.07) is 2.47. The number of nitrogens with zero attached hydrogens (tertiary/aromatic N) is 1. The van der Waals surface area contributed by atoms with Crippen molar-refractivity contribution in [1.82, 2.24) is 10.3 Å². The second kappa shape index (κ2) is 6.11. The van der Waals surface area contributed by atoms with Gasteiger partial charge < -0.3 is 5.32 Å². The monoisotopic (exact) mass is 318 g/mol. The van der Waals surface area contributed by atoms with Crippen molar-refractivity contribution in [1.29, 1.82) is 0 Å². The Morgan fingerprint density at radius 3 is 2.62 bits per heavy atom. The Hall–Kier alpha value is -1.47. The number of nitrogens with one attached hydrogen (secondary N) is 1. The molecule has 1 N–H and O–H groups in total. The van der Waals surface area contributed by atoms with E-state index >= 15 is 0 Å². The summed E-state index contributed by atoms with van der Waals surface area (Å²) in [4.78, 5) is 4.29. The minimum absolute atomic E-state index is 0.00403. The molecular weight excluding hydrogens is 304 g/mol. The van der Waals surface area contributed by atoms with Gasteiger partial charge >= 0.3 is 6.18 Å². The minimum Gasteiger partial charge on any atom is -0.309 e. The lowest BCUT2D eigenvalue weighted by atomic mass is 10.1. The largest absolute Gasteiger partial charge is 0.416 e. The molecule has 114 valence electrons. The van der Waals surface area contributed by atoms with Crippen LogP contribution in [0.4, 0.5) is 17.6 Å². The lowest BCUT2D eigenvalue weighted by molar-refractivity contribution is -0.137. The van der Waals surface area contributed by atoms with Crippen molar-refractivity contribution in [3.63, 3.8) is 0 Å². The summed E-state index contributed by atoms with van der Waals surface area (Å²) in [6.45, 7) is 4.62. The van der Waals surface area contributed by atoms with Gasteiger partial charge in [0.05, 0.1) is 11.3 Å². The number of alkyl halides is 3. The summed E-state index contributed by atoms with van der Waals surface area (Å²) in [5.74, 6) is -0.920. The molecule has 0 aliphatic carbocycles. The molecule has 2 nitrogen and oxygen atoms in total. The number of hydrogen-bond acceptors (Lipinski definition) is 3. The average Bonchev–Trinajstić information content (AvgIpc) is 2.87. The molecule has 1 aromatic heterocycles. The highest BCUT2D eigenvalue weighted by molar-refractivity contribution is 7.13. The van der Waals surface area contributed by atoms with Crippen LogP contribution in [0.5, 0.6) is 0 Å². The first-order valence-electron chi connectivity index (χ1n) is 6.38. The van der Waals surface area contributed by atoms with Crippen molar-refractivity contribution >= 4 is 11.3 Å². The van der Waals surface area contributed by atoms with Crippen molar-refractivity contribution in [3.8, 4) is 10.6 Å².